The summed E-state index contributed by atoms with van der Waals surface area (Å²) in [6.07, 6.45) is 4.87. The smallest absolute Gasteiger partial charge is 0.276 e. The number of aromatic amines is 1. The summed E-state index contributed by atoms with van der Waals surface area (Å²) in [5.74, 6) is 1.02. The van der Waals surface area contributed by atoms with Crippen molar-refractivity contribution in [3.8, 4) is 0 Å². The van der Waals surface area contributed by atoms with Crippen LogP contribution < -0.4 is 5.56 Å². The second-order valence-electron chi connectivity index (χ2n) is 3.95. The summed E-state index contributed by atoms with van der Waals surface area (Å²) in [4.78, 5) is 18.4. The Morgan fingerprint density at radius 1 is 1.44 bits per heavy atom. The molecule has 1 saturated heterocycles. The van der Waals surface area contributed by atoms with Gasteiger partial charge in [-0.2, -0.15) is 5.10 Å². The summed E-state index contributed by atoms with van der Waals surface area (Å²) in [6.45, 7) is 1.46. The predicted octanol–water partition coefficient (Wildman–Crippen LogP) is 0.312. The molecule has 0 aliphatic carbocycles. The predicted molar refractivity (Wildman–Crippen MR) is 56.4 cm³/mol. The zero-order chi connectivity index (χ0) is 11.0. The number of H-pyrrole nitrogens is 1. The van der Waals surface area contributed by atoms with Crippen LogP contribution in [0.1, 0.15) is 24.6 Å². The van der Waals surface area contributed by atoms with Crippen LogP contribution in [-0.2, 0) is 4.74 Å². The van der Waals surface area contributed by atoms with Gasteiger partial charge in [0.25, 0.3) is 5.56 Å². The van der Waals surface area contributed by atoms with Gasteiger partial charge in [0, 0.05) is 19.1 Å². The van der Waals surface area contributed by atoms with Gasteiger partial charge >= 0.3 is 0 Å². The number of rotatable bonds is 1. The minimum absolute atomic E-state index is 0.131. The van der Waals surface area contributed by atoms with Gasteiger partial charge in [-0.3, -0.25) is 4.79 Å². The molecule has 3 rings (SSSR count). The average molecular weight is 220 g/mol. The number of nitrogens with one attached hydrogen (secondary N) is 1. The third-order valence-corrected chi connectivity index (χ3v) is 2.92. The molecule has 0 unspecified atom stereocenters. The molecule has 0 saturated carbocycles. The first-order valence-electron chi connectivity index (χ1n) is 5.35. The average Bonchev–Trinajstić information content (AvgIpc) is 2.79. The van der Waals surface area contributed by atoms with Gasteiger partial charge in [-0.25, -0.2) is 9.50 Å². The molecule has 3 heterocycles. The lowest BCUT2D eigenvalue weighted by molar-refractivity contribution is 0.0832. The number of aromatic nitrogens is 4. The van der Waals surface area contributed by atoms with Crippen molar-refractivity contribution in [2.45, 2.75) is 18.8 Å². The lowest BCUT2D eigenvalue weighted by Crippen LogP contribution is -2.22. The number of ether oxygens (including phenoxy) is 1. The van der Waals surface area contributed by atoms with Gasteiger partial charge in [0.2, 0.25) is 0 Å². The van der Waals surface area contributed by atoms with Gasteiger partial charge < -0.3 is 9.72 Å². The molecule has 1 aliphatic rings. The molecule has 0 bridgehead atoms. The Kier molecular flexibility index (Phi) is 2.21. The molecule has 1 fully saturated rings. The fourth-order valence-corrected chi connectivity index (χ4v) is 2.01. The summed E-state index contributed by atoms with van der Waals surface area (Å²) < 4.78 is 6.82. The Bertz CT molecular complexity index is 553. The van der Waals surface area contributed by atoms with E-state index >= 15 is 0 Å². The number of nitrogens with zero attached hydrogens (tertiary/aromatic N) is 3. The Balaban J connectivity index is 2.06. The number of imidazole rings is 1. The number of hydrogen-bond donors (Lipinski definition) is 1. The fraction of sp³-hybridized carbons (Fsp3) is 0.500. The molecular formula is C10H12N4O2. The van der Waals surface area contributed by atoms with Gasteiger partial charge in [0.15, 0.2) is 0 Å². The molecule has 6 heteroatoms. The van der Waals surface area contributed by atoms with Crippen molar-refractivity contribution in [1.82, 2.24) is 19.6 Å². The molecule has 0 amide bonds. The van der Waals surface area contributed by atoms with Crippen LogP contribution in [0.3, 0.4) is 0 Å². The molecule has 2 aromatic rings. The number of fused-ring (bicyclic) bond motifs is 1. The third-order valence-electron chi connectivity index (χ3n) is 2.92. The van der Waals surface area contributed by atoms with E-state index in [-0.39, 0.29) is 11.5 Å². The maximum Gasteiger partial charge on any atom is 0.276 e. The first kappa shape index (κ1) is 9.53. The molecule has 1 N–H and O–H groups in total. The maximum absolute atomic E-state index is 11.7. The molecule has 0 radical (unpaired) electrons. The van der Waals surface area contributed by atoms with Crippen LogP contribution in [-0.4, -0.2) is 32.8 Å². The van der Waals surface area contributed by atoms with Crippen LogP contribution in [0.4, 0.5) is 0 Å². The van der Waals surface area contributed by atoms with E-state index in [1.54, 1.807) is 6.33 Å². The fourth-order valence-electron chi connectivity index (χ4n) is 2.01. The van der Waals surface area contributed by atoms with Gasteiger partial charge in [-0.15, -0.1) is 0 Å². The van der Waals surface area contributed by atoms with Crippen LogP contribution >= 0.6 is 0 Å². The van der Waals surface area contributed by atoms with Crippen molar-refractivity contribution in [1.29, 1.82) is 0 Å². The maximum atomic E-state index is 11.7. The first-order valence-corrected chi connectivity index (χ1v) is 5.35. The van der Waals surface area contributed by atoms with Crippen molar-refractivity contribution in [2.75, 3.05) is 13.2 Å². The van der Waals surface area contributed by atoms with Gasteiger partial charge in [-0.1, -0.05) is 0 Å². The van der Waals surface area contributed by atoms with Crippen LogP contribution in [0.15, 0.2) is 17.3 Å². The quantitative estimate of drug-likeness (QED) is 0.750. The summed E-state index contributed by atoms with van der Waals surface area (Å²) in [7, 11) is 0. The lowest BCUT2D eigenvalue weighted by atomic mass is 10.00. The monoisotopic (exact) mass is 220 g/mol. The van der Waals surface area contributed by atoms with E-state index in [9.17, 15) is 4.79 Å². The van der Waals surface area contributed by atoms with Crippen molar-refractivity contribution >= 4 is 5.52 Å². The molecule has 84 valence electrons. The summed E-state index contributed by atoms with van der Waals surface area (Å²) in [5.41, 5.74) is 0.352. The highest BCUT2D eigenvalue weighted by atomic mass is 16.5. The minimum atomic E-state index is -0.131. The topological polar surface area (TPSA) is 72.3 Å². The van der Waals surface area contributed by atoms with Gasteiger partial charge in [-0.05, 0) is 12.8 Å². The zero-order valence-electron chi connectivity index (χ0n) is 8.72. The van der Waals surface area contributed by atoms with Crippen LogP contribution in [0.5, 0.6) is 0 Å². The molecule has 16 heavy (non-hydrogen) atoms. The van der Waals surface area contributed by atoms with Crippen LogP contribution in [0.25, 0.3) is 5.52 Å². The largest absolute Gasteiger partial charge is 0.381 e. The number of hydrogen-bond acceptors (Lipinski definition) is 4. The van der Waals surface area contributed by atoms with E-state index in [4.69, 9.17) is 4.74 Å². The van der Waals surface area contributed by atoms with E-state index in [2.05, 4.69) is 15.1 Å². The molecule has 0 spiro atoms. The van der Waals surface area contributed by atoms with Crippen molar-refractivity contribution in [3.05, 3.63) is 28.7 Å². The van der Waals surface area contributed by atoms with Crippen LogP contribution in [0.2, 0.25) is 0 Å². The summed E-state index contributed by atoms with van der Waals surface area (Å²) in [5, 5.41) is 4.36. The van der Waals surface area contributed by atoms with E-state index in [1.807, 2.05) is 0 Å². The van der Waals surface area contributed by atoms with E-state index in [1.165, 1.54) is 10.7 Å². The minimum Gasteiger partial charge on any atom is -0.381 e. The highest BCUT2D eigenvalue weighted by Crippen LogP contribution is 2.22. The first-order chi connectivity index (χ1) is 7.84. The SMILES string of the molecule is O=c1[nH]c(C2CCOCC2)nn2cncc12. The molecule has 2 aromatic heterocycles. The molecule has 0 aromatic carbocycles. The molecule has 0 atom stereocenters. The van der Waals surface area contributed by atoms with E-state index in [0.717, 1.165) is 31.9 Å². The summed E-state index contributed by atoms with van der Waals surface area (Å²) in [6, 6.07) is 0. The van der Waals surface area contributed by atoms with Gasteiger partial charge in [0.1, 0.15) is 17.7 Å². The molecular weight excluding hydrogens is 208 g/mol. The Morgan fingerprint density at radius 3 is 3.06 bits per heavy atom. The van der Waals surface area contributed by atoms with Gasteiger partial charge in [0.05, 0.1) is 6.20 Å². The second kappa shape index (κ2) is 3.71. The van der Waals surface area contributed by atoms with Crippen LogP contribution in [0, 0.1) is 0 Å². The normalized spacial score (nSPS) is 18.0. The Morgan fingerprint density at radius 2 is 2.25 bits per heavy atom. The third kappa shape index (κ3) is 1.51. The highest BCUT2D eigenvalue weighted by Gasteiger charge is 2.19. The Labute approximate surface area is 91.3 Å². The van der Waals surface area contributed by atoms with Crippen molar-refractivity contribution in [3.63, 3.8) is 0 Å². The van der Waals surface area contributed by atoms with E-state index < -0.39 is 0 Å². The van der Waals surface area contributed by atoms with E-state index in [0.29, 0.717) is 5.52 Å². The highest BCUT2D eigenvalue weighted by molar-refractivity contribution is 5.39. The lowest BCUT2D eigenvalue weighted by Gasteiger charge is -2.20. The second-order valence-corrected chi connectivity index (χ2v) is 3.95. The summed E-state index contributed by atoms with van der Waals surface area (Å²) >= 11 is 0. The molecule has 1 aliphatic heterocycles. The molecule has 6 nitrogen and oxygen atoms in total. The zero-order valence-corrected chi connectivity index (χ0v) is 8.72. The standard InChI is InChI=1S/C10H12N4O2/c15-10-8-5-11-6-14(8)13-9(12-10)7-1-3-16-4-2-7/h5-7H,1-4H2,(H,12,13,15). The van der Waals surface area contributed by atoms with Crippen molar-refractivity contribution in [2.24, 2.45) is 0 Å². The van der Waals surface area contributed by atoms with Crippen molar-refractivity contribution < 1.29 is 4.74 Å². The Hall–Kier alpha value is -1.69.